The quantitative estimate of drug-likeness (QED) is 0.160. The van der Waals surface area contributed by atoms with E-state index in [9.17, 15) is 36.9 Å². The third-order valence-electron chi connectivity index (χ3n) is 9.68. The summed E-state index contributed by atoms with van der Waals surface area (Å²) >= 11 is 0. The van der Waals surface area contributed by atoms with Crippen LogP contribution >= 0.6 is 0 Å². The molecular formula is C37H41N3O8S2. The first kappa shape index (κ1) is 35.4. The lowest BCUT2D eigenvalue weighted by Gasteiger charge is -2.31. The third-order valence-corrected chi connectivity index (χ3v) is 13.5. The van der Waals surface area contributed by atoms with Gasteiger partial charge < -0.3 is 20.6 Å². The summed E-state index contributed by atoms with van der Waals surface area (Å²) in [6, 6.07) is 25.4. The molecule has 0 atom stereocenters. The van der Waals surface area contributed by atoms with Crippen LogP contribution in [0.1, 0.15) is 47.2 Å². The monoisotopic (exact) mass is 719 g/mol. The fourth-order valence-corrected chi connectivity index (χ4v) is 9.79. The smallest absolute Gasteiger partial charge is 0.259 e. The Kier molecular flexibility index (Phi) is 10.5. The van der Waals surface area contributed by atoms with Crippen molar-refractivity contribution in [3.8, 4) is 17.2 Å². The van der Waals surface area contributed by atoms with Crippen LogP contribution in [0, 0.1) is 11.8 Å². The fraction of sp³-hybridized carbons (Fsp3) is 0.324. The van der Waals surface area contributed by atoms with Crippen molar-refractivity contribution in [2.75, 3.05) is 31.5 Å². The number of hydrogen-bond acceptors (Lipinski definition) is 8. The molecular weight excluding hydrogens is 679 g/mol. The van der Waals surface area contributed by atoms with E-state index in [1.54, 1.807) is 0 Å². The molecule has 0 bridgehead atoms. The number of rotatable bonds is 10. The maximum absolute atomic E-state index is 13.6. The minimum absolute atomic E-state index is 0.143. The summed E-state index contributed by atoms with van der Waals surface area (Å²) in [6.45, 7) is 1.20. The molecule has 4 aromatic carbocycles. The van der Waals surface area contributed by atoms with Gasteiger partial charge in [-0.2, -0.15) is 8.61 Å². The van der Waals surface area contributed by atoms with E-state index >= 15 is 0 Å². The molecule has 0 radical (unpaired) electrons. The van der Waals surface area contributed by atoms with Crippen LogP contribution in [0.2, 0.25) is 0 Å². The first-order valence-electron chi connectivity index (χ1n) is 16.7. The Hall–Kier alpha value is -4.43. The summed E-state index contributed by atoms with van der Waals surface area (Å²) < 4.78 is 56.6. The van der Waals surface area contributed by atoms with Crippen LogP contribution < -0.4 is 5.32 Å². The number of piperidine rings is 2. The molecule has 6 rings (SSSR count). The average Bonchev–Trinajstić information content (AvgIpc) is 3.11. The fourth-order valence-electron chi connectivity index (χ4n) is 6.78. The molecule has 2 aliphatic heterocycles. The maximum Gasteiger partial charge on any atom is 0.259 e. The van der Waals surface area contributed by atoms with Gasteiger partial charge in [0.15, 0.2) is 11.5 Å². The zero-order valence-corrected chi connectivity index (χ0v) is 29.1. The Morgan fingerprint density at radius 1 is 0.620 bits per heavy atom. The average molecular weight is 720 g/mol. The number of nitrogens with one attached hydrogen (secondary N) is 1. The van der Waals surface area contributed by atoms with Crippen LogP contribution in [0.4, 0.5) is 5.69 Å². The number of carbonyl (C=O) groups excluding carboxylic acids is 1. The zero-order chi connectivity index (χ0) is 35.5. The van der Waals surface area contributed by atoms with E-state index in [0.29, 0.717) is 50.6 Å². The van der Waals surface area contributed by atoms with Crippen LogP contribution in [0.25, 0.3) is 0 Å². The first-order chi connectivity index (χ1) is 23.9. The van der Waals surface area contributed by atoms with E-state index in [4.69, 9.17) is 0 Å². The molecule has 13 heteroatoms. The molecule has 0 unspecified atom stereocenters. The normalized spacial score (nSPS) is 17.0. The number of carbonyl (C=O) groups is 1. The van der Waals surface area contributed by atoms with E-state index in [1.807, 2.05) is 48.5 Å². The highest BCUT2D eigenvalue weighted by Gasteiger charge is 2.33. The highest BCUT2D eigenvalue weighted by atomic mass is 32.2. The number of aromatic hydroxyl groups is 3. The van der Waals surface area contributed by atoms with Crippen LogP contribution in [-0.2, 0) is 32.9 Å². The second kappa shape index (κ2) is 14.8. The summed E-state index contributed by atoms with van der Waals surface area (Å²) in [7, 11) is -8.05. The first-order valence-corrected chi connectivity index (χ1v) is 19.6. The van der Waals surface area contributed by atoms with Crippen molar-refractivity contribution >= 4 is 31.6 Å². The summed E-state index contributed by atoms with van der Waals surface area (Å²) in [5.74, 6) is -2.52. The number of amides is 1. The number of anilines is 1. The van der Waals surface area contributed by atoms with Gasteiger partial charge in [0.25, 0.3) is 5.91 Å². The molecule has 4 N–H and O–H groups in total. The van der Waals surface area contributed by atoms with Crippen molar-refractivity contribution in [2.24, 2.45) is 11.8 Å². The summed E-state index contributed by atoms with van der Waals surface area (Å²) in [4.78, 5) is 12.8. The van der Waals surface area contributed by atoms with Crippen molar-refractivity contribution in [1.29, 1.82) is 0 Å². The predicted octanol–water partition coefficient (Wildman–Crippen LogP) is 5.34. The number of nitrogens with zero attached hydrogens (tertiary/aromatic N) is 2. The molecule has 0 saturated carbocycles. The Morgan fingerprint density at radius 2 is 1.08 bits per heavy atom. The molecule has 1 amide bonds. The van der Waals surface area contributed by atoms with E-state index in [0.717, 1.165) is 31.0 Å². The Labute approximate surface area is 292 Å². The van der Waals surface area contributed by atoms with Gasteiger partial charge in [-0.3, -0.25) is 4.79 Å². The molecule has 0 aliphatic carbocycles. The van der Waals surface area contributed by atoms with E-state index in [-0.39, 0.29) is 28.6 Å². The minimum Gasteiger partial charge on any atom is -0.506 e. The molecule has 2 saturated heterocycles. The lowest BCUT2D eigenvalue weighted by molar-refractivity contribution is 0.102. The summed E-state index contributed by atoms with van der Waals surface area (Å²) in [5, 5.41) is 34.1. The number of benzene rings is 4. The standard InChI is InChI=1S/C37H41N3O8S2/c41-34-24-30(49(45,46)39-17-13-28(14-18-39)21-26-7-3-1-4-8-26)11-12-33(34)38-37(44)32-23-31(25-35(42)36(32)43)50(47,48)40-19-15-29(16-20-40)22-27-9-5-2-6-10-27/h1-12,23-25,28-29,41-43H,13-22H2,(H,38,44). The van der Waals surface area contributed by atoms with Crippen LogP contribution in [0.5, 0.6) is 17.2 Å². The van der Waals surface area contributed by atoms with Gasteiger partial charge in [0.1, 0.15) is 5.75 Å². The van der Waals surface area contributed by atoms with Gasteiger partial charge in [-0.05, 0) is 79.7 Å². The summed E-state index contributed by atoms with van der Waals surface area (Å²) in [5.41, 5.74) is 1.70. The molecule has 2 fully saturated rings. The van der Waals surface area contributed by atoms with Gasteiger partial charge in [0.2, 0.25) is 20.0 Å². The molecule has 50 heavy (non-hydrogen) atoms. The lowest BCUT2D eigenvalue weighted by Crippen LogP contribution is -2.39. The predicted molar refractivity (Wildman–Crippen MR) is 189 cm³/mol. The molecule has 264 valence electrons. The van der Waals surface area contributed by atoms with Gasteiger partial charge in [-0.25, -0.2) is 16.8 Å². The van der Waals surface area contributed by atoms with Crippen molar-refractivity contribution < 1.29 is 36.9 Å². The van der Waals surface area contributed by atoms with Crippen molar-refractivity contribution in [3.05, 3.63) is 108 Å². The second-order valence-electron chi connectivity index (χ2n) is 13.0. The molecule has 2 aliphatic rings. The van der Waals surface area contributed by atoms with Gasteiger partial charge in [0.05, 0.1) is 21.0 Å². The van der Waals surface area contributed by atoms with Gasteiger partial charge in [-0.15, -0.1) is 0 Å². The van der Waals surface area contributed by atoms with Gasteiger partial charge >= 0.3 is 0 Å². The highest BCUT2D eigenvalue weighted by molar-refractivity contribution is 7.89. The summed E-state index contributed by atoms with van der Waals surface area (Å²) in [6.07, 6.45) is 4.40. The third kappa shape index (κ3) is 7.81. The van der Waals surface area contributed by atoms with Crippen LogP contribution in [0.15, 0.2) is 101 Å². The molecule has 11 nitrogen and oxygen atoms in total. The number of phenolic OH excluding ortho intramolecular Hbond substituents is 3. The van der Waals surface area contributed by atoms with Crippen LogP contribution in [0.3, 0.4) is 0 Å². The van der Waals surface area contributed by atoms with Gasteiger partial charge in [-0.1, -0.05) is 60.7 Å². The van der Waals surface area contributed by atoms with Crippen molar-refractivity contribution in [3.63, 3.8) is 0 Å². The lowest BCUT2D eigenvalue weighted by atomic mass is 9.91. The minimum atomic E-state index is -4.13. The topological polar surface area (TPSA) is 165 Å². The van der Waals surface area contributed by atoms with Gasteiger partial charge in [0, 0.05) is 38.3 Å². The van der Waals surface area contributed by atoms with Crippen LogP contribution in [-0.4, -0.2) is 72.9 Å². The molecule has 4 aromatic rings. The Balaban J connectivity index is 1.11. The van der Waals surface area contributed by atoms with E-state index in [1.165, 1.54) is 31.9 Å². The van der Waals surface area contributed by atoms with E-state index in [2.05, 4.69) is 17.4 Å². The number of phenols is 3. The number of sulfonamides is 2. The highest BCUT2D eigenvalue weighted by Crippen LogP contribution is 2.36. The molecule has 0 spiro atoms. The molecule has 0 aromatic heterocycles. The SMILES string of the molecule is O=C(Nc1ccc(S(=O)(=O)N2CCC(Cc3ccccc3)CC2)cc1O)c1cc(S(=O)(=O)N2CCC(Cc3ccccc3)CC2)cc(O)c1O. The van der Waals surface area contributed by atoms with Crippen molar-refractivity contribution in [2.45, 2.75) is 48.3 Å². The Bertz CT molecular complexity index is 2040. The maximum atomic E-state index is 13.6. The number of hydrogen-bond donors (Lipinski definition) is 4. The Morgan fingerprint density at radius 3 is 1.56 bits per heavy atom. The zero-order valence-electron chi connectivity index (χ0n) is 27.5. The second-order valence-corrected chi connectivity index (χ2v) is 16.9. The molecule has 2 heterocycles. The van der Waals surface area contributed by atoms with E-state index < -0.39 is 48.8 Å². The van der Waals surface area contributed by atoms with Crippen molar-refractivity contribution in [1.82, 2.24) is 8.61 Å². The largest absolute Gasteiger partial charge is 0.506 e.